The highest BCUT2D eigenvalue weighted by Gasteiger charge is 2.42. The summed E-state index contributed by atoms with van der Waals surface area (Å²) in [6, 6.07) is 0.239. The molecule has 0 saturated heterocycles. The first-order valence-corrected chi connectivity index (χ1v) is 7.87. The van der Waals surface area contributed by atoms with Crippen molar-refractivity contribution in [2.45, 2.75) is 38.6 Å². The van der Waals surface area contributed by atoms with Crippen molar-refractivity contribution in [3.05, 3.63) is 0 Å². The maximum Gasteiger partial charge on any atom is 0.234 e. The van der Waals surface area contributed by atoms with Crippen LogP contribution in [0.25, 0.3) is 0 Å². The van der Waals surface area contributed by atoms with E-state index in [0.717, 1.165) is 11.8 Å². The van der Waals surface area contributed by atoms with E-state index >= 15 is 0 Å². The van der Waals surface area contributed by atoms with E-state index in [-0.39, 0.29) is 31.7 Å². The molecule has 0 aromatic heterocycles. The molecule has 0 radical (unpaired) electrons. The van der Waals surface area contributed by atoms with Gasteiger partial charge in [-0.15, -0.1) is 0 Å². The van der Waals surface area contributed by atoms with E-state index in [4.69, 9.17) is 10.2 Å². The number of rotatable bonds is 8. The lowest BCUT2D eigenvalue weighted by molar-refractivity contribution is -0.123. The number of carbonyl (C=O) groups is 1. The number of aliphatic hydroxyl groups is 2. The lowest BCUT2D eigenvalue weighted by Gasteiger charge is -2.29. The Bertz CT molecular complexity index is 318. The molecule has 0 spiro atoms. The maximum atomic E-state index is 12.1. The summed E-state index contributed by atoms with van der Waals surface area (Å²) in [5, 5.41) is 21.0. The van der Waals surface area contributed by atoms with Crippen LogP contribution < -0.4 is 5.32 Å². The summed E-state index contributed by atoms with van der Waals surface area (Å²) in [5.74, 6) is 2.34. The van der Waals surface area contributed by atoms with E-state index in [0.29, 0.717) is 19.0 Å². The minimum Gasteiger partial charge on any atom is -0.395 e. The van der Waals surface area contributed by atoms with Gasteiger partial charge in [-0.2, -0.15) is 0 Å². The molecule has 3 N–H and O–H groups in total. The molecule has 5 heteroatoms. The zero-order valence-electron chi connectivity index (χ0n) is 12.4. The van der Waals surface area contributed by atoms with Gasteiger partial charge in [0.1, 0.15) is 0 Å². The molecule has 2 aliphatic carbocycles. The fourth-order valence-corrected chi connectivity index (χ4v) is 4.07. The van der Waals surface area contributed by atoms with Gasteiger partial charge in [-0.25, -0.2) is 0 Å². The van der Waals surface area contributed by atoms with Gasteiger partial charge >= 0.3 is 0 Å². The number of hydrogen-bond donors (Lipinski definition) is 3. The second-order valence-corrected chi connectivity index (χ2v) is 6.42. The first kappa shape index (κ1) is 15.7. The van der Waals surface area contributed by atoms with Gasteiger partial charge in [0.2, 0.25) is 5.91 Å². The predicted molar refractivity (Wildman–Crippen MR) is 77.2 cm³/mol. The van der Waals surface area contributed by atoms with Gasteiger partial charge in [0.25, 0.3) is 0 Å². The zero-order chi connectivity index (χ0) is 14.5. The van der Waals surface area contributed by atoms with Crippen LogP contribution in [-0.4, -0.2) is 59.9 Å². The van der Waals surface area contributed by atoms with Gasteiger partial charge in [-0.05, 0) is 43.9 Å². The lowest BCUT2D eigenvalue weighted by atomic mass is 9.84. The van der Waals surface area contributed by atoms with Crippen molar-refractivity contribution in [2.24, 2.45) is 17.8 Å². The Kier molecular flexibility index (Phi) is 5.81. The fourth-order valence-electron chi connectivity index (χ4n) is 4.07. The number of hydrogen-bond acceptors (Lipinski definition) is 4. The summed E-state index contributed by atoms with van der Waals surface area (Å²) < 4.78 is 0. The van der Waals surface area contributed by atoms with Crippen molar-refractivity contribution in [1.82, 2.24) is 10.2 Å². The molecule has 5 nitrogen and oxygen atoms in total. The van der Waals surface area contributed by atoms with Gasteiger partial charge in [-0.1, -0.05) is 6.42 Å². The highest BCUT2D eigenvalue weighted by Crippen LogP contribution is 2.49. The number of amides is 1. The Hall–Kier alpha value is -0.650. The average Bonchev–Trinajstić information content (AvgIpc) is 3.01. The fraction of sp³-hybridized carbons (Fsp3) is 0.933. The molecular weight excluding hydrogens is 256 g/mol. The van der Waals surface area contributed by atoms with Crippen molar-refractivity contribution in [1.29, 1.82) is 0 Å². The van der Waals surface area contributed by atoms with Gasteiger partial charge in [0.05, 0.1) is 19.8 Å². The Labute approximate surface area is 121 Å². The summed E-state index contributed by atoms with van der Waals surface area (Å²) >= 11 is 0. The molecule has 2 rings (SSSR count). The van der Waals surface area contributed by atoms with Crippen LogP contribution in [0.4, 0.5) is 0 Å². The Morgan fingerprint density at radius 3 is 2.45 bits per heavy atom. The van der Waals surface area contributed by atoms with E-state index in [9.17, 15) is 4.79 Å². The molecule has 4 unspecified atom stereocenters. The summed E-state index contributed by atoms with van der Waals surface area (Å²) in [7, 11) is 0. The monoisotopic (exact) mass is 284 g/mol. The number of nitrogens with zero attached hydrogens (tertiary/aromatic N) is 1. The van der Waals surface area contributed by atoms with Crippen LogP contribution in [0.5, 0.6) is 0 Å². The summed E-state index contributed by atoms with van der Waals surface area (Å²) in [4.78, 5) is 13.8. The molecule has 2 fully saturated rings. The first-order valence-electron chi connectivity index (χ1n) is 7.87. The van der Waals surface area contributed by atoms with Crippen LogP contribution in [0.15, 0.2) is 0 Å². The quantitative estimate of drug-likeness (QED) is 0.596. The van der Waals surface area contributed by atoms with Crippen LogP contribution in [0.3, 0.4) is 0 Å². The summed E-state index contributed by atoms with van der Waals surface area (Å²) in [5.41, 5.74) is 0. The van der Waals surface area contributed by atoms with Crippen molar-refractivity contribution in [3.63, 3.8) is 0 Å². The standard InChI is InChI=1S/C15H28N2O3/c1-11(14-9-12-2-3-13(14)8-12)16-15(20)10-17(4-6-18)5-7-19/h11-14,18-19H,2-10H2,1H3,(H,16,20). The third kappa shape index (κ3) is 3.93. The minimum absolute atomic E-state index is 0.00201. The van der Waals surface area contributed by atoms with Crippen LogP contribution in [-0.2, 0) is 4.79 Å². The highest BCUT2D eigenvalue weighted by atomic mass is 16.3. The molecule has 0 heterocycles. The molecule has 2 saturated carbocycles. The van der Waals surface area contributed by atoms with Gasteiger partial charge < -0.3 is 15.5 Å². The third-order valence-electron chi connectivity index (χ3n) is 5.02. The molecule has 2 aliphatic rings. The third-order valence-corrected chi connectivity index (χ3v) is 5.02. The topological polar surface area (TPSA) is 72.8 Å². The normalized spacial score (nSPS) is 29.9. The second kappa shape index (κ2) is 7.38. The number of fused-ring (bicyclic) bond motifs is 2. The Balaban J connectivity index is 1.75. The molecular formula is C15H28N2O3. The van der Waals surface area contributed by atoms with Crippen molar-refractivity contribution >= 4 is 5.91 Å². The van der Waals surface area contributed by atoms with Crippen LogP contribution in [0, 0.1) is 17.8 Å². The second-order valence-electron chi connectivity index (χ2n) is 6.42. The molecule has 1 amide bonds. The molecule has 0 aliphatic heterocycles. The lowest BCUT2D eigenvalue weighted by Crippen LogP contribution is -2.46. The average molecular weight is 284 g/mol. The van der Waals surface area contributed by atoms with Crippen molar-refractivity contribution in [3.8, 4) is 0 Å². The number of nitrogens with one attached hydrogen (secondary N) is 1. The summed E-state index contributed by atoms with van der Waals surface area (Å²) in [6.45, 7) is 3.25. The Morgan fingerprint density at radius 2 is 1.95 bits per heavy atom. The largest absolute Gasteiger partial charge is 0.395 e. The minimum atomic E-state index is 0.00201. The van der Waals surface area contributed by atoms with Crippen molar-refractivity contribution < 1.29 is 15.0 Å². The summed E-state index contributed by atoms with van der Waals surface area (Å²) in [6.07, 6.45) is 5.33. The highest BCUT2D eigenvalue weighted by molar-refractivity contribution is 5.78. The van der Waals surface area contributed by atoms with Crippen LogP contribution in [0.1, 0.15) is 32.6 Å². The molecule has 20 heavy (non-hydrogen) atoms. The van der Waals surface area contributed by atoms with Crippen LogP contribution >= 0.6 is 0 Å². The van der Waals surface area contributed by atoms with E-state index in [2.05, 4.69) is 12.2 Å². The van der Waals surface area contributed by atoms with E-state index in [1.165, 1.54) is 25.7 Å². The maximum absolute atomic E-state index is 12.1. The molecule has 0 aromatic rings. The van der Waals surface area contributed by atoms with E-state index < -0.39 is 0 Å². The molecule has 0 aromatic carbocycles. The van der Waals surface area contributed by atoms with E-state index in [1.807, 2.05) is 0 Å². The first-order chi connectivity index (χ1) is 9.63. The smallest absolute Gasteiger partial charge is 0.234 e. The SMILES string of the molecule is CC(NC(=O)CN(CCO)CCO)C1CC2CCC1C2. The van der Waals surface area contributed by atoms with Crippen LogP contribution in [0.2, 0.25) is 0 Å². The van der Waals surface area contributed by atoms with Gasteiger partial charge in [-0.3, -0.25) is 9.69 Å². The number of aliphatic hydroxyl groups excluding tert-OH is 2. The van der Waals surface area contributed by atoms with Gasteiger partial charge in [0, 0.05) is 19.1 Å². The zero-order valence-corrected chi connectivity index (χ0v) is 12.4. The number of carbonyl (C=O) groups excluding carboxylic acids is 1. The van der Waals surface area contributed by atoms with Gasteiger partial charge in [0.15, 0.2) is 0 Å². The van der Waals surface area contributed by atoms with Crippen molar-refractivity contribution in [2.75, 3.05) is 32.8 Å². The Morgan fingerprint density at radius 1 is 1.25 bits per heavy atom. The molecule has 4 atom stereocenters. The predicted octanol–water partition coefficient (Wildman–Crippen LogP) is 0.214. The van der Waals surface area contributed by atoms with E-state index in [1.54, 1.807) is 4.90 Å². The molecule has 2 bridgehead atoms. The molecule has 116 valence electrons.